The molecule has 2 amide bonds. The van der Waals surface area contributed by atoms with Gasteiger partial charge in [0.15, 0.2) is 0 Å². The van der Waals surface area contributed by atoms with Gasteiger partial charge in [0.25, 0.3) is 0 Å². The number of carbonyl (C=O) groups excluding carboxylic acids is 2. The van der Waals surface area contributed by atoms with Crippen LogP contribution in [0.1, 0.15) is 63.5 Å². The molecule has 1 heterocycles. The van der Waals surface area contributed by atoms with Crippen LogP contribution < -0.4 is 10.6 Å². The first-order chi connectivity index (χ1) is 12.6. The first kappa shape index (κ1) is 19.0. The third-order valence-electron chi connectivity index (χ3n) is 5.03. The van der Waals surface area contributed by atoms with Gasteiger partial charge in [0.05, 0.1) is 11.6 Å². The summed E-state index contributed by atoms with van der Waals surface area (Å²) in [5.74, 6) is -0.346. The predicted molar refractivity (Wildman–Crippen MR) is 103 cm³/mol. The van der Waals surface area contributed by atoms with E-state index in [0.717, 1.165) is 35.7 Å². The monoisotopic (exact) mass is 420 g/mol. The number of esters is 1. The highest BCUT2D eigenvalue weighted by molar-refractivity contribution is 9.10. The Hall–Kier alpha value is -1.82. The van der Waals surface area contributed by atoms with Gasteiger partial charge in [0.1, 0.15) is 6.10 Å². The molecule has 0 spiro atoms. The van der Waals surface area contributed by atoms with E-state index in [1.54, 1.807) is 6.92 Å². The lowest BCUT2D eigenvalue weighted by molar-refractivity contribution is -0.145. The molecular formula is C20H25BrN2O3. The fourth-order valence-electron chi connectivity index (χ4n) is 3.66. The quantitative estimate of drug-likeness (QED) is 0.694. The van der Waals surface area contributed by atoms with E-state index in [4.69, 9.17) is 4.74 Å². The molecule has 1 unspecified atom stereocenters. The standard InChI is InChI=1S/C20H25BrN2O3/c1-13-17(19(24)26-14-9-5-3-2-4-6-10-14)18(23-20(25)22-13)15-11-7-8-12-16(15)21/h7-8,11-12,14,18H,2-6,9-10H2,1H3,(H2,22,23,25). The molecule has 1 aromatic rings. The summed E-state index contributed by atoms with van der Waals surface area (Å²) in [5, 5.41) is 5.56. The maximum absolute atomic E-state index is 13.0. The van der Waals surface area contributed by atoms with Gasteiger partial charge >= 0.3 is 12.0 Å². The summed E-state index contributed by atoms with van der Waals surface area (Å²) in [6.45, 7) is 1.75. The van der Waals surface area contributed by atoms with Crippen LogP contribution in [0.3, 0.4) is 0 Å². The molecule has 3 rings (SSSR count). The molecule has 6 heteroatoms. The number of hydrogen-bond acceptors (Lipinski definition) is 3. The lowest BCUT2D eigenvalue weighted by Gasteiger charge is -2.30. The summed E-state index contributed by atoms with van der Waals surface area (Å²) in [5.41, 5.74) is 1.86. The van der Waals surface area contributed by atoms with E-state index in [2.05, 4.69) is 26.6 Å². The molecule has 1 atom stereocenters. The van der Waals surface area contributed by atoms with Crippen molar-refractivity contribution in [1.29, 1.82) is 0 Å². The number of hydrogen-bond donors (Lipinski definition) is 2. The summed E-state index contributed by atoms with van der Waals surface area (Å²) < 4.78 is 6.70. The number of nitrogens with one attached hydrogen (secondary N) is 2. The van der Waals surface area contributed by atoms with Gasteiger partial charge in [-0.2, -0.15) is 0 Å². The highest BCUT2D eigenvalue weighted by atomic mass is 79.9. The number of halogens is 1. The van der Waals surface area contributed by atoms with Crippen LogP contribution in [0.4, 0.5) is 4.79 Å². The number of rotatable bonds is 3. The Morgan fingerprint density at radius 3 is 2.46 bits per heavy atom. The lowest BCUT2D eigenvalue weighted by Crippen LogP contribution is -2.45. The minimum Gasteiger partial charge on any atom is -0.459 e. The fourth-order valence-corrected chi connectivity index (χ4v) is 4.17. The minimum atomic E-state index is -0.527. The van der Waals surface area contributed by atoms with Gasteiger partial charge in [0, 0.05) is 10.2 Å². The molecular weight excluding hydrogens is 396 g/mol. The summed E-state index contributed by atoms with van der Waals surface area (Å²) in [7, 11) is 0. The molecule has 2 N–H and O–H groups in total. The normalized spacial score (nSPS) is 22.1. The van der Waals surface area contributed by atoms with Crippen LogP contribution in [0.15, 0.2) is 40.0 Å². The second-order valence-electron chi connectivity index (χ2n) is 6.96. The van der Waals surface area contributed by atoms with E-state index < -0.39 is 6.04 Å². The largest absolute Gasteiger partial charge is 0.459 e. The van der Waals surface area contributed by atoms with Crippen molar-refractivity contribution >= 4 is 27.9 Å². The van der Waals surface area contributed by atoms with Crippen LogP contribution in [0.5, 0.6) is 0 Å². The van der Waals surface area contributed by atoms with E-state index in [9.17, 15) is 9.59 Å². The Balaban J connectivity index is 1.83. The maximum atomic E-state index is 13.0. The Bertz CT molecular complexity index is 709. The van der Waals surface area contributed by atoms with Crippen LogP contribution in [0.2, 0.25) is 0 Å². The molecule has 1 saturated carbocycles. The van der Waals surface area contributed by atoms with Crippen molar-refractivity contribution in [3.8, 4) is 0 Å². The molecule has 26 heavy (non-hydrogen) atoms. The molecule has 0 aromatic heterocycles. The average molecular weight is 421 g/mol. The highest BCUT2D eigenvalue weighted by Crippen LogP contribution is 2.33. The fraction of sp³-hybridized carbons (Fsp3) is 0.500. The zero-order valence-corrected chi connectivity index (χ0v) is 16.6. The van der Waals surface area contributed by atoms with Gasteiger partial charge in [-0.1, -0.05) is 53.4 Å². The molecule has 140 valence electrons. The Kier molecular flexibility index (Phi) is 6.35. The Morgan fingerprint density at radius 2 is 1.77 bits per heavy atom. The summed E-state index contributed by atoms with van der Waals surface area (Å²) in [4.78, 5) is 25.0. The number of ether oxygens (including phenoxy) is 1. The van der Waals surface area contributed by atoms with Gasteiger partial charge in [-0.25, -0.2) is 9.59 Å². The number of benzene rings is 1. The highest BCUT2D eigenvalue weighted by Gasteiger charge is 2.34. The predicted octanol–water partition coefficient (Wildman–Crippen LogP) is 4.73. The first-order valence-corrected chi connectivity index (χ1v) is 10.1. The lowest BCUT2D eigenvalue weighted by atomic mass is 9.95. The summed E-state index contributed by atoms with van der Waals surface area (Å²) in [6.07, 6.45) is 7.65. The SMILES string of the molecule is CC1=C(C(=O)OC2CCCCCCC2)C(c2ccccc2Br)NC(=O)N1. The van der Waals surface area contributed by atoms with Gasteiger partial charge in [-0.15, -0.1) is 0 Å². The van der Waals surface area contributed by atoms with Crippen molar-refractivity contribution < 1.29 is 14.3 Å². The van der Waals surface area contributed by atoms with Crippen molar-refractivity contribution in [1.82, 2.24) is 10.6 Å². The number of urea groups is 1. The smallest absolute Gasteiger partial charge is 0.338 e. The van der Waals surface area contributed by atoms with E-state index in [1.807, 2.05) is 24.3 Å². The maximum Gasteiger partial charge on any atom is 0.338 e. The van der Waals surface area contributed by atoms with Crippen LogP contribution in [-0.4, -0.2) is 18.1 Å². The van der Waals surface area contributed by atoms with Gasteiger partial charge in [-0.05, 0) is 44.2 Å². The third-order valence-corrected chi connectivity index (χ3v) is 5.75. The van der Waals surface area contributed by atoms with Crippen LogP contribution >= 0.6 is 15.9 Å². The van der Waals surface area contributed by atoms with Crippen LogP contribution in [-0.2, 0) is 9.53 Å². The van der Waals surface area contributed by atoms with Gasteiger partial charge in [0.2, 0.25) is 0 Å². The van der Waals surface area contributed by atoms with E-state index in [1.165, 1.54) is 19.3 Å². The molecule has 1 aliphatic heterocycles. The topological polar surface area (TPSA) is 67.4 Å². The first-order valence-electron chi connectivity index (χ1n) is 9.30. The zero-order chi connectivity index (χ0) is 18.5. The van der Waals surface area contributed by atoms with Crippen LogP contribution in [0.25, 0.3) is 0 Å². The Morgan fingerprint density at radius 1 is 1.12 bits per heavy atom. The molecule has 1 aromatic carbocycles. The van der Waals surface area contributed by atoms with Gasteiger partial charge in [-0.3, -0.25) is 0 Å². The van der Waals surface area contributed by atoms with E-state index in [-0.39, 0.29) is 18.1 Å². The van der Waals surface area contributed by atoms with Gasteiger partial charge < -0.3 is 15.4 Å². The number of carbonyl (C=O) groups is 2. The minimum absolute atomic E-state index is 0.0411. The van der Waals surface area contributed by atoms with E-state index >= 15 is 0 Å². The van der Waals surface area contributed by atoms with E-state index in [0.29, 0.717) is 11.3 Å². The third kappa shape index (κ3) is 4.47. The van der Waals surface area contributed by atoms with Crippen molar-refractivity contribution in [3.05, 3.63) is 45.6 Å². The average Bonchev–Trinajstić information content (AvgIpc) is 2.56. The number of allylic oxidation sites excluding steroid dienone is 1. The van der Waals surface area contributed by atoms with Crippen molar-refractivity contribution in [2.75, 3.05) is 0 Å². The molecule has 1 fully saturated rings. The summed E-state index contributed by atoms with van der Waals surface area (Å²) >= 11 is 3.52. The Labute approximate surface area is 162 Å². The second-order valence-corrected chi connectivity index (χ2v) is 7.82. The van der Waals surface area contributed by atoms with Crippen molar-refractivity contribution in [2.45, 2.75) is 64.0 Å². The molecule has 5 nitrogen and oxygen atoms in total. The molecule has 0 saturated heterocycles. The van der Waals surface area contributed by atoms with Crippen molar-refractivity contribution in [3.63, 3.8) is 0 Å². The second kappa shape index (κ2) is 8.71. The number of amides is 2. The molecule has 0 bridgehead atoms. The molecule has 1 aliphatic carbocycles. The molecule has 0 radical (unpaired) electrons. The zero-order valence-electron chi connectivity index (χ0n) is 15.0. The molecule has 2 aliphatic rings. The van der Waals surface area contributed by atoms with Crippen molar-refractivity contribution in [2.24, 2.45) is 0 Å². The summed E-state index contributed by atoms with van der Waals surface area (Å²) in [6, 6.07) is 6.75. The van der Waals surface area contributed by atoms with Crippen LogP contribution in [0, 0.1) is 0 Å².